The first kappa shape index (κ1) is 11.1. The predicted octanol–water partition coefficient (Wildman–Crippen LogP) is 1.50. The van der Waals surface area contributed by atoms with E-state index in [1.807, 2.05) is 6.92 Å². The van der Waals surface area contributed by atoms with E-state index in [9.17, 15) is 0 Å². The lowest BCUT2D eigenvalue weighted by Gasteiger charge is -2.18. The number of rotatable bonds is 1. The molecule has 5 nitrogen and oxygen atoms in total. The zero-order chi connectivity index (χ0) is 9.26. The lowest BCUT2D eigenvalue weighted by Crippen LogP contribution is -2.62. The molecule has 2 rings (SSSR count). The molecule has 1 aliphatic heterocycles. The Morgan fingerprint density at radius 2 is 2.00 bits per heavy atom. The van der Waals surface area contributed by atoms with Crippen LogP contribution >= 0.6 is 12.4 Å². The fraction of sp³-hybridized carbons (Fsp3) is 0.750. The van der Waals surface area contributed by atoms with Gasteiger partial charge in [-0.1, -0.05) is 0 Å². The Kier molecular flexibility index (Phi) is 3.57. The van der Waals surface area contributed by atoms with Gasteiger partial charge in [-0.05, 0) is 19.3 Å². The third-order valence-electron chi connectivity index (χ3n) is 2.44. The fourth-order valence-corrected chi connectivity index (χ4v) is 1.63. The second kappa shape index (κ2) is 4.50. The molecule has 80 valence electrons. The van der Waals surface area contributed by atoms with Gasteiger partial charge in [-0.3, -0.25) is 0 Å². The Labute approximate surface area is 89.2 Å². The number of nitrogens with one attached hydrogen (secondary N) is 1. The molecule has 1 aromatic heterocycles. The van der Waals surface area contributed by atoms with E-state index in [1.165, 1.54) is 19.3 Å². The van der Waals surface area contributed by atoms with Gasteiger partial charge in [0.1, 0.15) is 5.88 Å². The van der Waals surface area contributed by atoms with Crippen molar-refractivity contribution in [3.8, 4) is 0 Å². The van der Waals surface area contributed by atoms with Crippen molar-refractivity contribution in [2.75, 3.05) is 18.1 Å². The second-order valence-corrected chi connectivity index (χ2v) is 3.39. The molecule has 0 atom stereocenters. The molecule has 0 amide bonds. The first-order chi connectivity index (χ1) is 6.29. The van der Waals surface area contributed by atoms with Gasteiger partial charge in [0.05, 0.1) is 17.9 Å². The highest BCUT2D eigenvalue weighted by Crippen LogP contribution is 2.11. The fourth-order valence-electron chi connectivity index (χ4n) is 1.63. The summed E-state index contributed by atoms with van der Waals surface area (Å²) >= 11 is 0. The molecule has 0 aliphatic carbocycles. The summed E-state index contributed by atoms with van der Waals surface area (Å²) in [6.45, 7) is 3.88. The van der Waals surface area contributed by atoms with Crippen LogP contribution in [0.15, 0.2) is 4.52 Å². The minimum atomic E-state index is 0. The summed E-state index contributed by atoms with van der Waals surface area (Å²) in [7, 11) is 0. The van der Waals surface area contributed by atoms with Gasteiger partial charge in [-0.2, -0.15) is 5.01 Å². The van der Waals surface area contributed by atoms with E-state index in [0.29, 0.717) is 0 Å². The van der Waals surface area contributed by atoms with Crippen LogP contribution in [-0.4, -0.2) is 18.4 Å². The molecule has 2 heterocycles. The maximum atomic E-state index is 7.38. The third kappa shape index (κ3) is 1.92. The van der Waals surface area contributed by atoms with Crippen LogP contribution in [0.1, 0.15) is 25.0 Å². The molecule has 1 aromatic rings. The SMILES string of the molecule is Cc1c([NH-])on[n+]1N1CCCCC1.Cl. The summed E-state index contributed by atoms with van der Waals surface area (Å²) in [4.78, 5) is 1.71. The number of hydrogen-bond donors (Lipinski definition) is 0. The molecule has 1 saturated heterocycles. The molecular formula is C8H15ClN4O. The van der Waals surface area contributed by atoms with Crippen molar-refractivity contribution in [3.63, 3.8) is 0 Å². The topological polar surface area (TPSA) is 57.0 Å². The number of piperidine rings is 1. The number of hydrogen-bond acceptors (Lipinski definition) is 3. The van der Waals surface area contributed by atoms with Gasteiger partial charge >= 0.3 is 0 Å². The Bertz CT molecular complexity index is 296. The maximum absolute atomic E-state index is 7.38. The largest absolute Gasteiger partial charge is 0.660 e. The summed E-state index contributed by atoms with van der Waals surface area (Å²) in [6, 6.07) is 0. The second-order valence-electron chi connectivity index (χ2n) is 3.39. The van der Waals surface area contributed by atoms with E-state index in [0.717, 1.165) is 18.8 Å². The van der Waals surface area contributed by atoms with Crippen molar-refractivity contribution in [1.82, 2.24) is 5.27 Å². The van der Waals surface area contributed by atoms with Gasteiger partial charge in [-0.15, -0.1) is 12.4 Å². The average molecular weight is 219 g/mol. The smallest absolute Gasteiger partial charge is 0.265 e. The Hall–Kier alpha value is -0.970. The Morgan fingerprint density at radius 1 is 1.36 bits per heavy atom. The third-order valence-corrected chi connectivity index (χ3v) is 2.44. The average Bonchev–Trinajstić information content (AvgIpc) is 2.49. The first-order valence-electron chi connectivity index (χ1n) is 4.64. The molecule has 1 fully saturated rings. The van der Waals surface area contributed by atoms with Gasteiger partial charge in [0, 0.05) is 6.92 Å². The molecule has 6 heteroatoms. The van der Waals surface area contributed by atoms with Gasteiger partial charge in [0.25, 0.3) is 5.69 Å². The Morgan fingerprint density at radius 3 is 2.50 bits per heavy atom. The molecule has 0 saturated carbocycles. The van der Waals surface area contributed by atoms with Crippen LogP contribution in [-0.2, 0) is 0 Å². The van der Waals surface area contributed by atoms with E-state index >= 15 is 0 Å². The van der Waals surface area contributed by atoms with E-state index in [1.54, 1.807) is 4.79 Å². The molecule has 0 aromatic carbocycles. The van der Waals surface area contributed by atoms with Gasteiger partial charge < -0.3 is 10.3 Å². The first-order valence-corrected chi connectivity index (χ1v) is 4.64. The van der Waals surface area contributed by atoms with Crippen LogP contribution in [0.25, 0.3) is 5.73 Å². The van der Waals surface area contributed by atoms with Gasteiger partial charge in [0.15, 0.2) is 0 Å². The highest BCUT2D eigenvalue weighted by molar-refractivity contribution is 5.85. The summed E-state index contributed by atoms with van der Waals surface area (Å²) in [6.07, 6.45) is 3.70. The van der Waals surface area contributed by atoms with E-state index in [2.05, 4.69) is 10.3 Å². The Balaban J connectivity index is 0.000000980. The van der Waals surface area contributed by atoms with Crippen LogP contribution in [0.2, 0.25) is 0 Å². The molecular weight excluding hydrogens is 204 g/mol. The molecule has 1 N–H and O–H groups in total. The van der Waals surface area contributed by atoms with Crippen LogP contribution in [0.4, 0.5) is 5.88 Å². The summed E-state index contributed by atoms with van der Waals surface area (Å²) < 4.78 is 4.79. The van der Waals surface area contributed by atoms with E-state index < -0.39 is 0 Å². The zero-order valence-corrected chi connectivity index (χ0v) is 9.01. The lowest BCUT2D eigenvalue weighted by molar-refractivity contribution is -0.764. The highest BCUT2D eigenvalue weighted by atomic mass is 35.5. The van der Waals surface area contributed by atoms with Crippen molar-refractivity contribution < 1.29 is 9.31 Å². The minimum Gasteiger partial charge on any atom is -0.660 e. The van der Waals surface area contributed by atoms with Crippen LogP contribution < -0.4 is 9.80 Å². The number of halogens is 1. The van der Waals surface area contributed by atoms with E-state index in [4.69, 9.17) is 10.3 Å². The minimum absolute atomic E-state index is 0. The van der Waals surface area contributed by atoms with Crippen molar-refractivity contribution >= 4 is 18.3 Å². The standard InChI is InChI=1S/C8H14N4O.ClH/c1-7-8(9)13-10-12(7)11-5-3-2-4-6-11;/h9H,2-6H2,1H3;1H. The van der Waals surface area contributed by atoms with Gasteiger partial charge in [-0.25, -0.2) is 0 Å². The van der Waals surface area contributed by atoms with Crippen molar-refractivity contribution in [1.29, 1.82) is 0 Å². The monoisotopic (exact) mass is 218 g/mol. The summed E-state index contributed by atoms with van der Waals surface area (Å²) in [5.74, 6) is 0.158. The van der Waals surface area contributed by atoms with Crippen molar-refractivity contribution in [3.05, 3.63) is 11.4 Å². The normalized spacial score (nSPS) is 16.5. The number of aromatic nitrogens is 2. The van der Waals surface area contributed by atoms with Crippen LogP contribution in [0.5, 0.6) is 0 Å². The number of nitrogens with zero attached hydrogens (tertiary/aromatic N) is 3. The summed E-state index contributed by atoms with van der Waals surface area (Å²) in [5.41, 5.74) is 8.16. The predicted molar refractivity (Wildman–Crippen MR) is 54.5 cm³/mol. The zero-order valence-electron chi connectivity index (χ0n) is 8.19. The molecule has 14 heavy (non-hydrogen) atoms. The lowest BCUT2D eigenvalue weighted by atomic mass is 10.2. The van der Waals surface area contributed by atoms with Crippen molar-refractivity contribution in [2.45, 2.75) is 26.2 Å². The van der Waals surface area contributed by atoms with Crippen LogP contribution in [0.3, 0.4) is 0 Å². The van der Waals surface area contributed by atoms with E-state index in [-0.39, 0.29) is 18.3 Å². The molecule has 1 aliphatic rings. The molecule has 0 radical (unpaired) electrons. The molecule has 0 unspecified atom stereocenters. The molecule has 0 bridgehead atoms. The maximum Gasteiger partial charge on any atom is 0.265 e. The van der Waals surface area contributed by atoms with Gasteiger partial charge in [0.2, 0.25) is 5.27 Å². The quantitative estimate of drug-likeness (QED) is 0.672. The van der Waals surface area contributed by atoms with Crippen molar-refractivity contribution in [2.24, 2.45) is 0 Å². The summed E-state index contributed by atoms with van der Waals surface area (Å²) in [5, 5.41) is 5.94. The van der Waals surface area contributed by atoms with Crippen LogP contribution in [0, 0.1) is 6.92 Å². The molecule has 0 spiro atoms. The highest BCUT2D eigenvalue weighted by Gasteiger charge is 2.24.